The Morgan fingerprint density at radius 3 is 2.29 bits per heavy atom. The number of hydrogen-bond acceptors (Lipinski definition) is 6. The van der Waals surface area contributed by atoms with E-state index in [4.69, 9.17) is 15.5 Å². The largest absolute Gasteiger partial charge is 0.456 e. The molecule has 4 rings (SSSR count). The molecule has 31 heavy (non-hydrogen) atoms. The van der Waals surface area contributed by atoms with Gasteiger partial charge in [0.15, 0.2) is 0 Å². The number of benzene rings is 2. The van der Waals surface area contributed by atoms with Gasteiger partial charge in [-0.15, -0.1) is 0 Å². The number of esters is 1. The number of pyridine rings is 1. The minimum Gasteiger partial charge on any atom is -0.456 e. The predicted molar refractivity (Wildman–Crippen MR) is 122 cm³/mol. The molecule has 0 amide bonds. The van der Waals surface area contributed by atoms with Gasteiger partial charge in [0, 0.05) is 12.0 Å². The lowest BCUT2D eigenvalue weighted by molar-refractivity contribution is 0.00695. The molecule has 2 heterocycles. The SMILES string of the molecule is CC(C)(C)OC(=O)c1ccc(-c2ccc3nc(N)nc(Cc4ccccc4)c3n2)cc1. The van der Waals surface area contributed by atoms with Crippen molar-refractivity contribution in [2.45, 2.75) is 32.8 Å². The molecule has 0 aliphatic heterocycles. The second-order valence-corrected chi connectivity index (χ2v) is 8.33. The summed E-state index contributed by atoms with van der Waals surface area (Å²) in [5, 5.41) is 0. The fourth-order valence-electron chi connectivity index (χ4n) is 3.28. The average Bonchev–Trinajstić information content (AvgIpc) is 2.73. The van der Waals surface area contributed by atoms with Crippen molar-refractivity contribution in [3.05, 3.63) is 83.6 Å². The molecule has 0 atom stereocenters. The summed E-state index contributed by atoms with van der Waals surface area (Å²) < 4.78 is 5.43. The highest BCUT2D eigenvalue weighted by molar-refractivity contribution is 5.90. The summed E-state index contributed by atoms with van der Waals surface area (Å²) >= 11 is 0. The molecule has 2 aromatic heterocycles. The molecular formula is C25H24N4O2. The third-order valence-electron chi connectivity index (χ3n) is 4.66. The molecule has 0 aliphatic rings. The highest BCUT2D eigenvalue weighted by atomic mass is 16.6. The molecular weight excluding hydrogens is 388 g/mol. The first kappa shape index (κ1) is 20.5. The van der Waals surface area contributed by atoms with Crippen LogP contribution in [-0.2, 0) is 11.2 Å². The lowest BCUT2D eigenvalue weighted by Gasteiger charge is -2.19. The van der Waals surface area contributed by atoms with Gasteiger partial charge in [0.1, 0.15) is 11.1 Å². The predicted octanol–water partition coefficient (Wildman–Crippen LogP) is 4.82. The lowest BCUT2D eigenvalue weighted by Crippen LogP contribution is -2.23. The van der Waals surface area contributed by atoms with Gasteiger partial charge < -0.3 is 10.5 Å². The number of fused-ring (bicyclic) bond motifs is 1. The number of rotatable bonds is 4. The molecule has 2 aromatic carbocycles. The zero-order chi connectivity index (χ0) is 22.0. The van der Waals surface area contributed by atoms with E-state index in [1.165, 1.54) is 0 Å². The van der Waals surface area contributed by atoms with Gasteiger partial charge in [0.05, 0.1) is 22.5 Å². The Morgan fingerprint density at radius 2 is 1.61 bits per heavy atom. The number of carbonyl (C=O) groups excluding carboxylic acids is 1. The Kier molecular flexibility index (Phi) is 5.38. The zero-order valence-corrected chi connectivity index (χ0v) is 17.8. The molecule has 0 spiro atoms. The fraction of sp³-hybridized carbons (Fsp3) is 0.200. The molecule has 156 valence electrons. The monoisotopic (exact) mass is 412 g/mol. The van der Waals surface area contributed by atoms with Crippen LogP contribution in [0.25, 0.3) is 22.3 Å². The summed E-state index contributed by atoms with van der Waals surface area (Å²) in [5.41, 5.74) is 10.9. The number of nitrogens with two attached hydrogens (primary N) is 1. The van der Waals surface area contributed by atoms with Crippen LogP contribution in [0.5, 0.6) is 0 Å². The van der Waals surface area contributed by atoms with E-state index in [1.54, 1.807) is 12.1 Å². The number of nitrogens with zero attached hydrogens (tertiary/aromatic N) is 3. The molecule has 0 saturated heterocycles. The van der Waals surface area contributed by atoms with Crippen LogP contribution in [0.15, 0.2) is 66.7 Å². The molecule has 4 aromatic rings. The Balaban J connectivity index is 1.68. The maximum absolute atomic E-state index is 12.3. The Bertz CT molecular complexity index is 1230. The third-order valence-corrected chi connectivity index (χ3v) is 4.66. The number of ether oxygens (including phenoxy) is 1. The van der Waals surface area contributed by atoms with Crippen LogP contribution in [0.4, 0.5) is 5.95 Å². The van der Waals surface area contributed by atoms with E-state index >= 15 is 0 Å². The Hall–Kier alpha value is -3.80. The second-order valence-electron chi connectivity index (χ2n) is 8.33. The maximum atomic E-state index is 12.3. The molecule has 2 N–H and O–H groups in total. The molecule has 0 unspecified atom stereocenters. The van der Waals surface area contributed by atoms with Crippen LogP contribution < -0.4 is 5.73 Å². The topological polar surface area (TPSA) is 91.0 Å². The van der Waals surface area contributed by atoms with Crippen LogP contribution in [0.3, 0.4) is 0 Å². The highest BCUT2D eigenvalue weighted by Gasteiger charge is 2.18. The van der Waals surface area contributed by atoms with Gasteiger partial charge in [-0.25, -0.2) is 19.7 Å². The summed E-state index contributed by atoms with van der Waals surface area (Å²) in [6.07, 6.45) is 0.609. The molecule has 6 heteroatoms. The highest BCUT2D eigenvalue weighted by Crippen LogP contribution is 2.24. The summed E-state index contributed by atoms with van der Waals surface area (Å²) in [7, 11) is 0. The summed E-state index contributed by atoms with van der Waals surface area (Å²) in [4.78, 5) is 25.9. The van der Waals surface area contributed by atoms with Gasteiger partial charge in [-0.05, 0) is 50.6 Å². The molecule has 0 aliphatic carbocycles. The number of hydrogen-bond donors (Lipinski definition) is 1. The number of nitrogen functional groups attached to an aromatic ring is 1. The van der Waals surface area contributed by atoms with Crippen molar-refractivity contribution >= 4 is 23.0 Å². The van der Waals surface area contributed by atoms with E-state index in [9.17, 15) is 4.79 Å². The maximum Gasteiger partial charge on any atom is 0.338 e. The van der Waals surface area contributed by atoms with Crippen LogP contribution in [0.1, 0.15) is 42.4 Å². The van der Waals surface area contributed by atoms with Crippen LogP contribution in [0.2, 0.25) is 0 Å². The van der Waals surface area contributed by atoms with Crippen LogP contribution in [-0.4, -0.2) is 26.5 Å². The zero-order valence-electron chi connectivity index (χ0n) is 17.8. The summed E-state index contributed by atoms with van der Waals surface area (Å²) in [5.74, 6) is -0.116. The smallest absolute Gasteiger partial charge is 0.338 e. The van der Waals surface area contributed by atoms with E-state index in [2.05, 4.69) is 9.97 Å². The van der Waals surface area contributed by atoms with Crippen molar-refractivity contribution < 1.29 is 9.53 Å². The van der Waals surface area contributed by atoms with Crippen molar-refractivity contribution in [3.8, 4) is 11.3 Å². The third kappa shape index (κ3) is 4.86. The first-order valence-electron chi connectivity index (χ1n) is 10.1. The van der Waals surface area contributed by atoms with Gasteiger partial charge in [0.2, 0.25) is 5.95 Å². The van der Waals surface area contributed by atoms with Crippen molar-refractivity contribution in [3.63, 3.8) is 0 Å². The Labute approximate surface area is 181 Å². The van der Waals surface area contributed by atoms with Crippen LogP contribution >= 0.6 is 0 Å². The molecule has 0 fully saturated rings. The number of anilines is 1. The van der Waals surface area contributed by atoms with Crippen molar-refractivity contribution in [2.24, 2.45) is 0 Å². The van der Waals surface area contributed by atoms with Gasteiger partial charge in [-0.1, -0.05) is 42.5 Å². The standard InChI is InChI=1S/C25H24N4O2/c1-25(2,3)31-23(30)18-11-9-17(10-12-18)19-13-14-20-22(27-19)21(29-24(26)28-20)15-16-7-5-4-6-8-16/h4-14H,15H2,1-3H3,(H2,26,28,29). The van der Waals surface area contributed by atoms with E-state index in [-0.39, 0.29) is 11.9 Å². The van der Waals surface area contributed by atoms with Gasteiger partial charge in [-0.3, -0.25) is 0 Å². The molecule has 6 nitrogen and oxygen atoms in total. The van der Waals surface area contributed by atoms with E-state index in [1.807, 2.05) is 75.4 Å². The lowest BCUT2D eigenvalue weighted by atomic mass is 10.1. The molecule has 0 bridgehead atoms. The van der Waals surface area contributed by atoms with E-state index in [0.29, 0.717) is 23.0 Å². The summed E-state index contributed by atoms with van der Waals surface area (Å²) in [6, 6.07) is 21.1. The van der Waals surface area contributed by atoms with Crippen molar-refractivity contribution in [2.75, 3.05) is 5.73 Å². The van der Waals surface area contributed by atoms with Gasteiger partial charge in [-0.2, -0.15) is 0 Å². The quantitative estimate of drug-likeness (QED) is 0.483. The number of aromatic nitrogens is 3. The van der Waals surface area contributed by atoms with E-state index in [0.717, 1.165) is 22.5 Å². The van der Waals surface area contributed by atoms with Crippen molar-refractivity contribution in [1.82, 2.24) is 15.0 Å². The molecule has 0 saturated carbocycles. The van der Waals surface area contributed by atoms with E-state index < -0.39 is 5.60 Å². The second kappa shape index (κ2) is 8.14. The Morgan fingerprint density at radius 1 is 0.903 bits per heavy atom. The van der Waals surface area contributed by atoms with Crippen LogP contribution in [0, 0.1) is 0 Å². The minimum absolute atomic E-state index is 0.231. The van der Waals surface area contributed by atoms with Crippen molar-refractivity contribution in [1.29, 1.82) is 0 Å². The first-order valence-corrected chi connectivity index (χ1v) is 10.1. The van der Waals surface area contributed by atoms with Gasteiger partial charge >= 0.3 is 5.97 Å². The minimum atomic E-state index is -0.535. The summed E-state index contributed by atoms with van der Waals surface area (Å²) in [6.45, 7) is 5.54. The normalized spacial score (nSPS) is 11.5. The molecule has 0 radical (unpaired) electrons. The van der Waals surface area contributed by atoms with Gasteiger partial charge in [0.25, 0.3) is 0 Å². The first-order chi connectivity index (χ1) is 14.8. The average molecular weight is 412 g/mol. The number of carbonyl (C=O) groups is 1. The fourth-order valence-corrected chi connectivity index (χ4v) is 3.28.